The van der Waals surface area contributed by atoms with Gasteiger partial charge in [0.25, 0.3) is 0 Å². The first-order valence-electron chi connectivity index (χ1n) is 5.90. The largest absolute Gasteiger partial charge is 0.305 e. The van der Waals surface area contributed by atoms with Gasteiger partial charge in [0.05, 0.1) is 4.92 Å². The molecule has 0 atom stereocenters. The van der Waals surface area contributed by atoms with Gasteiger partial charge in [-0.15, -0.1) is 0 Å². The van der Waals surface area contributed by atoms with Crippen LogP contribution in [0.4, 0.5) is 10.1 Å². The first-order valence-corrected chi connectivity index (χ1v) is 5.90. The van der Waals surface area contributed by atoms with Crippen molar-refractivity contribution >= 4 is 5.69 Å². The fourth-order valence-electron chi connectivity index (χ4n) is 2.08. The number of halogens is 1. The Kier molecular flexibility index (Phi) is 3.88. The molecule has 0 radical (unpaired) electrons. The van der Waals surface area contributed by atoms with Crippen molar-refractivity contribution in [3.05, 3.63) is 39.7 Å². The Morgan fingerprint density at radius 2 is 2.00 bits per heavy atom. The highest BCUT2D eigenvalue weighted by molar-refractivity contribution is 5.36. The lowest BCUT2D eigenvalue weighted by Crippen LogP contribution is -2.44. The van der Waals surface area contributed by atoms with Crippen LogP contribution in [0.3, 0.4) is 0 Å². The van der Waals surface area contributed by atoms with Gasteiger partial charge in [-0.05, 0) is 7.05 Å². The van der Waals surface area contributed by atoms with E-state index in [2.05, 4.69) is 9.80 Å². The molecule has 6 heteroatoms. The van der Waals surface area contributed by atoms with Gasteiger partial charge < -0.3 is 4.90 Å². The van der Waals surface area contributed by atoms with Gasteiger partial charge in [-0.25, -0.2) is 0 Å². The minimum Gasteiger partial charge on any atom is -0.304 e. The van der Waals surface area contributed by atoms with Crippen LogP contribution in [-0.2, 0) is 6.54 Å². The molecule has 1 heterocycles. The number of nitrogens with zero attached hydrogens (tertiary/aromatic N) is 3. The summed E-state index contributed by atoms with van der Waals surface area (Å²) in [6.07, 6.45) is 0. The normalized spacial score (nSPS) is 17.9. The highest BCUT2D eigenvalue weighted by Crippen LogP contribution is 2.21. The zero-order valence-electron chi connectivity index (χ0n) is 10.3. The molecule has 0 saturated carbocycles. The summed E-state index contributed by atoms with van der Waals surface area (Å²) in [5.41, 5.74) is -0.0459. The van der Waals surface area contributed by atoms with Crippen molar-refractivity contribution in [1.29, 1.82) is 0 Å². The monoisotopic (exact) mass is 253 g/mol. The van der Waals surface area contributed by atoms with E-state index in [0.29, 0.717) is 12.1 Å². The average Bonchev–Trinajstić information content (AvgIpc) is 2.34. The van der Waals surface area contributed by atoms with Crippen molar-refractivity contribution in [2.24, 2.45) is 0 Å². The number of likely N-dealkylation sites (N-methyl/N-ethyl adjacent to an activating group) is 1. The molecule has 98 valence electrons. The van der Waals surface area contributed by atoms with Crippen molar-refractivity contribution in [2.45, 2.75) is 6.54 Å². The van der Waals surface area contributed by atoms with Crippen LogP contribution < -0.4 is 0 Å². The SMILES string of the molecule is CN1CCN(Cc2cccc([N+](=O)[O-])c2F)CC1. The van der Waals surface area contributed by atoms with Gasteiger partial charge in [-0.2, -0.15) is 4.39 Å². The van der Waals surface area contributed by atoms with Crippen LogP contribution in [-0.4, -0.2) is 47.9 Å². The Bertz CT molecular complexity index is 445. The highest BCUT2D eigenvalue weighted by atomic mass is 19.1. The first-order chi connectivity index (χ1) is 8.58. The summed E-state index contributed by atoms with van der Waals surface area (Å²) in [4.78, 5) is 14.3. The predicted octanol–water partition coefficient (Wildman–Crippen LogP) is 1.48. The molecule has 0 amide bonds. The van der Waals surface area contributed by atoms with Crippen LogP contribution in [0.5, 0.6) is 0 Å². The van der Waals surface area contributed by atoms with E-state index in [1.165, 1.54) is 12.1 Å². The molecule has 0 unspecified atom stereocenters. The van der Waals surface area contributed by atoms with Gasteiger partial charge in [0.15, 0.2) is 0 Å². The quantitative estimate of drug-likeness (QED) is 0.605. The molecule has 0 N–H and O–H groups in total. The molecule has 1 aromatic rings. The fourth-order valence-corrected chi connectivity index (χ4v) is 2.08. The first kappa shape index (κ1) is 12.9. The Balaban J connectivity index is 2.10. The maximum atomic E-state index is 13.9. The van der Waals surface area contributed by atoms with Crippen LogP contribution in [0.25, 0.3) is 0 Å². The second kappa shape index (κ2) is 5.41. The molecule has 1 aliphatic heterocycles. The van der Waals surface area contributed by atoms with Crippen molar-refractivity contribution in [2.75, 3.05) is 33.2 Å². The van der Waals surface area contributed by atoms with Crippen LogP contribution >= 0.6 is 0 Å². The Morgan fingerprint density at radius 1 is 1.33 bits per heavy atom. The number of nitro benzene ring substituents is 1. The Hall–Kier alpha value is -1.53. The number of benzene rings is 1. The smallest absolute Gasteiger partial charge is 0.304 e. The predicted molar refractivity (Wildman–Crippen MR) is 65.8 cm³/mol. The van der Waals surface area contributed by atoms with E-state index in [1.807, 2.05) is 7.05 Å². The minimum absolute atomic E-state index is 0.397. The number of piperazine rings is 1. The van der Waals surface area contributed by atoms with Gasteiger partial charge in [-0.1, -0.05) is 12.1 Å². The third-order valence-corrected chi connectivity index (χ3v) is 3.24. The summed E-state index contributed by atoms with van der Waals surface area (Å²) in [7, 11) is 2.05. The molecule has 1 fully saturated rings. The fraction of sp³-hybridized carbons (Fsp3) is 0.500. The maximum absolute atomic E-state index is 13.9. The van der Waals surface area contributed by atoms with Crippen LogP contribution in [0, 0.1) is 15.9 Å². The standard InChI is InChI=1S/C12H16FN3O2/c1-14-5-7-15(8-6-14)9-10-3-2-4-11(12(10)13)16(17)18/h2-4H,5-9H2,1H3. The van der Waals surface area contributed by atoms with E-state index in [1.54, 1.807) is 6.07 Å². The summed E-state index contributed by atoms with van der Waals surface area (Å²) in [5, 5.41) is 10.7. The Morgan fingerprint density at radius 3 is 2.61 bits per heavy atom. The number of rotatable bonds is 3. The van der Waals surface area contributed by atoms with E-state index < -0.39 is 16.4 Å². The average molecular weight is 253 g/mol. The lowest BCUT2D eigenvalue weighted by molar-refractivity contribution is -0.387. The van der Waals surface area contributed by atoms with E-state index in [9.17, 15) is 14.5 Å². The van der Waals surface area contributed by atoms with Gasteiger partial charge in [-0.3, -0.25) is 15.0 Å². The molecule has 1 aliphatic rings. The molecular formula is C12H16FN3O2. The third kappa shape index (κ3) is 2.83. The molecule has 0 aliphatic carbocycles. The lowest BCUT2D eigenvalue weighted by Gasteiger charge is -2.32. The molecule has 1 saturated heterocycles. The zero-order valence-corrected chi connectivity index (χ0v) is 10.3. The number of hydrogen-bond acceptors (Lipinski definition) is 4. The van der Waals surface area contributed by atoms with Crippen molar-refractivity contribution < 1.29 is 9.31 Å². The minimum atomic E-state index is -0.707. The zero-order chi connectivity index (χ0) is 13.1. The topological polar surface area (TPSA) is 49.6 Å². The van der Waals surface area contributed by atoms with E-state index in [-0.39, 0.29) is 0 Å². The summed E-state index contributed by atoms with van der Waals surface area (Å²) in [6.45, 7) is 4.03. The molecule has 2 rings (SSSR count). The molecular weight excluding hydrogens is 237 g/mol. The number of hydrogen-bond donors (Lipinski definition) is 0. The molecule has 0 bridgehead atoms. The number of nitro groups is 1. The van der Waals surface area contributed by atoms with E-state index >= 15 is 0 Å². The molecule has 5 nitrogen and oxygen atoms in total. The van der Waals surface area contributed by atoms with Crippen LogP contribution in [0.15, 0.2) is 18.2 Å². The highest BCUT2D eigenvalue weighted by Gasteiger charge is 2.20. The second-order valence-electron chi connectivity index (χ2n) is 4.59. The van der Waals surface area contributed by atoms with Gasteiger partial charge in [0.1, 0.15) is 0 Å². The molecule has 0 aromatic heterocycles. The third-order valence-electron chi connectivity index (χ3n) is 3.24. The summed E-state index contributed by atoms with van der Waals surface area (Å²) in [5.74, 6) is -0.707. The van der Waals surface area contributed by atoms with Crippen LogP contribution in [0.2, 0.25) is 0 Å². The van der Waals surface area contributed by atoms with Crippen molar-refractivity contribution in [3.8, 4) is 0 Å². The lowest BCUT2D eigenvalue weighted by atomic mass is 10.1. The second-order valence-corrected chi connectivity index (χ2v) is 4.59. The van der Waals surface area contributed by atoms with Crippen molar-refractivity contribution in [3.63, 3.8) is 0 Å². The summed E-state index contributed by atoms with van der Waals surface area (Å²) >= 11 is 0. The van der Waals surface area contributed by atoms with Crippen LogP contribution in [0.1, 0.15) is 5.56 Å². The molecule has 0 spiro atoms. The summed E-state index contributed by atoms with van der Waals surface area (Å²) < 4.78 is 13.9. The van der Waals surface area contributed by atoms with Gasteiger partial charge >= 0.3 is 5.69 Å². The van der Waals surface area contributed by atoms with E-state index in [4.69, 9.17) is 0 Å². The maximum Gasteiger partial charge on any atom is 0.305 e. The summed E-state index contributed by atoms with van der Waals surface area (Å²) in [6, 6.07) is 4.34. The molecule has 18 heavy (non-hydrogen) atoms. The van der Waals surface area contributed by atoms with Crippen molar-refractivity contribution in [1.82, 2.24) is 9.80 Å². The van der Waals surface area contributed by atoms with Gasteiger partial charge in [0, 0.05) is 44.4 Å². The molecule has 1 aromatic carbocycles. The Labute approximate surface area is 105 Å². The van der Waals surface area contributed by atoms with Gasteiger partial charge in [0.2, 0.25) is 5.82 Å². The van der Waals surface area contributed by atoms with E-state index in [0.717, 1.165) is 26.2 Å².